The van der Waals surface area contributed by atoms with E-state index < -0.39 is 0 Å². The zero-order valence-electron chi connectivity index (χ0n) is 15.7. The minimum Gasteiger partial charge on any atom is -0.497 e. The van der Waals surface area contributed by atoms with E-state index in [1.807, 2.05) is 16.8 Å². The van der Waals surface area contributed by atoms with Crippen molar-refractivity contribution in [2.75, 3.05) is 14.2 Å². The molecule has 2 heterocycles. The van der Waals surface area contributed by atoms with E-state index in [4.69, 9.17) is 22.1 Å². The van der Waals surface area contributed by atoms with Gasteiger partial charge in [-0.3, -0.25) is 0 Å². The Kier molecular flexibility index (Phi) is 5.43. The summed E-state index contributed by atoms with van der Waals surface area (Å²) in [6.45, 7) is 1.68. The fraction of sp³-hybridized carbons (Fsp3) is 0.400. The molecule has 0 saturated heterocycles. The molecular weight excluding hydrogens is 376 g/mol. The van der Waals surface area contributed by atoms with Crippen molar-refractivity contribution < 1.29 is 9.64 Å². The second-order valence-electron chi connectivity index (χ2n) is 7.20. The molecule has 1 atom stereocenters. The minimum absolute atomic E-state index is 0.545. The number of hydrogen-bond donors (Lipinski definition) is 1. The van der Waals surface area contributed by atoms with Crippen LogP contribution in [0, 0.1) is 4.77 Å². The summed E-state index contributed by atoms with van der Waals surface area (Å²) in [5.41, 5.74) is 1.28. The summed E-state index contributed by atoms with van der Waals surface area (Å²) in [6.07, 6.45) is 3.29. The number of ether oxygens (including phenoxy) is 1. The quantitative estimate of drug-likeness (QED) is 0.590. The first-order chi connectivity index (χ1) is 13.1. The van der Waals surface area contributed by atoms with Gasteiger partial charge < -0.3 is 14.2 Å². The molecule has 2 aromatic heterocycles. The van der Waals surface area contributed by atoms with Gasteiger partial charge in [0, 0.05) is 22.9 Å². The largest absolute Gasteiger partial charge is 0.497 e. The summed E-state index contributed by atoms with van der Waals surface area (Å²) >= 11 is 7.56. The number of aromatic nitrogens is 3. The van der Waals surface area contributed by atoms with Crippen molar-refractivity contribution in [3.8, 4) is 5.75 Å². The maximum atomic E-state index is 5.78. The van der Waals surface area contributed by atoms with Gasteiger partial charge in [0.1, 0.15) is 18.1 Å². The van der Waals surface area contributed by atoms with Gasteiger partial charge in [0.25, 0.3) is 0 Å². The zero-order chi connectivity index (χ0) is 18.8. The van der Waals surface area contributed by atoms with Crippen LogP contribution in [0.25, 0.3) is 0 Å². The predicted molar refractivity (Wildman–Crippen MR) is 110 cm³/mol. The highest BCUT2D eigenvalue weighted by molar-refractivity contribution is 7.71. The highest BCUT2D eigenvalue weighted by Gasteiger charge is 2.29. The van der Waals surface area contributed by atoms with Gasteiger partial charge in [-0.15, -0.1) is 11.3 Å². The molecule has 142 valence electrons. The summed E-state index contributed by atoms with van der Waals surface area (Å²) in [4.78, 5) is 2.68. The van der Waals surface area contributed by atoms with E-state index in [2.05, 4.69) is 41.3 Å². The second kappa shape index (κ2) is 7.96. The Hall–Kier alpha value is -1.96. The number of hydrogen-bond acceptors (Lipinski definition) is 4. The van der Waals surface area contributed by atoms with Crippen molar-refractivity contribution in [3.05, 3.63) is 62.8 Å². The van der Waals surface area contributed by atoms with Crippen LogP contribution < -0.4 is 9.64 Å². The summed E-state index contributed by atoms with van der Waals surface area (Å²) in [6, 6.07) is 13.1. The molecule has 4 rings (SSSR count). The van der Waals surface area contributed by atoms with Crippen LogP contribution in [0.5, 0.6) is 5.75 Å². The van der Waals surface area contributed by atoms with Crippen LogP contribution in [0.4, 0.5) is 0 Å². The van der Waals surface area contributed by atoms with Gasteiger partial charge in [-0.25, -0.2) is 0 Å². The van der Waals surface area contributed by atoms with Crippen molar-refractivity contribution in [2.45, 2.75) is 38.5 Å². The summed E-state index contributed by atoms with van der Waals surface area (Å²) in [5, 5.41) is 7.02. The van der Waals surface area contributed by atoms with Gasteiger partial charge in [-0.2, -0.15) is 9.78 Å². The first-order valence-electron chi connectivity index (χ1n) is 9.29. The third-order valence-electron chi connectivity index (χ3n) is 4.85. The van der Waals surface area contributed by atoms with E-state index in [0.717, 1.165) is 36.0 Å². The van der Waals surface area contributed by atoms with Crippen molar-refractivity contribution in [2.24, 2.45) is 0 Å². The van der Waals surface area contributed by atoms with E-state index in [0.29, 0.717) is 6.04 Å². The average Bonchev–Trinajstić information content (AvgIpc) is 3.27. The lowest BCUT2D eigenvalue weighted by atomic mass is 10.2. The van der Waals surface area contributed by atoms with Crippen LogP contribution in [0.1, 0.15) is 35.1 Å². The first kappa shape index (κ1) is 18.4. The molecule has 1 fully saturated rings. The molecule has 3 aromatic rings. The lowest BCUT2D eigenvalue weighted by molar-refractivity contribution is -0.917. The molecule has 1 N–H and O–H groups in total. The van der Waals surface area contributed by atoms with Crippen molar-refractivity contribution >= 4 is 23.6 Å². The van der Waals surface area contributed by atoms with Gasteiger partial charge in [0.2, 0.25) is 4.77 Å². The lowest BCUT2D eigenvalue weighted by Gasteiger charge is -2.14. The Balaban J connectivity index is 1.50. The van der Waals surface area contributed by atoms with Crippen LogP contribution in [0.3, 0.4) is 0 Å². The third-order valence-corrected chi connectivity index (χ3v) is 6.13. The van der Waals surface area contributed by atoms with Gasteiger partial charge in [-0.1, -0.05) is 6.07 Å². The standard InChI is InChI=1S/C20H24N4OS2/c1-22(13-15-5-9-17(25-2)10-6-15)14-23-20(26)24(16-7-8-16)19(21-23)12-18-4-3-11-27-18/h3-6,9-11,16H,7-8,12-14H2,1-2H3/p+1. The SMILES string of the molecule is COc1ccc(C[NH+](C)Cn2nc(Cc3cccs3)n(C3CC3)c2=S)cc1. The monoisotopic (exact) mass is 401 g/mol. The third kappa shape index (κ3) is 4.31. The molecule has 1 saturated carbocycles. The molecule has 1 aliphatic carbocycles. The Labute approximate surface area is 168 Å². The van der Waals surface area contributed by atoms with Gasteiger partial charge >= 0.3 is 0 Å². The average molecular weight is 402 g/mol. The van der Waals surface area contributed by atoms with E-state index in [9.17, 15) is 0 Å². The highest BCUT2D eigenvalue weighted by Crippen LogP contribution is 2.36. The lowest BCUT2D eigenvalue weighted by Crippen LogP contribution is -3.07. The van der Waals surface area contributed by atoms with Crippen LogP contribution >= 0.6 is 23.6 Å². The second-order valence-corrected chi connectivity index (χ2v) is 8.59. The number of quaternary nitrogens is 1. The van der Waals surface area contributed by atoms with Gasteiger partial charge in [0.05, 0.1) is 14.2 Å². The molecule has 7 heteroatoms. The highest BCUT2D eigenvalue weighted by atomic mass is 32.1. The van der Waals surface area contributed by atoms with E-state index in [1.54, 1.807) is 18.4 Å². The predicted octanol–water partition coefficient (Wildman–Crippen LogP) is 3.08. The molecule has 5 nitrogen and oxygen atoms in total. The Morgan fingerprint density at radius 3 is 2.67 bits per heavy atom. The molecule has 1 aliphatic rings. The summed E-state index contributed by atoms with van der Waals surface area (Å²) in [5.74, 6) is 1.99. The molecule has 0 bridgehead atoms. The van der Waals surface area contributed by atoms with Crippen molar-refractivity contribution in [1.82, 2.24) is 14.3 Å². The Bertz CT molecular complexity index is 940. The Morgan fingerprint density at radius 2 is 2.04 bits per heavy atom. The summed E-state index contributed by atoms with van der Waals surface area (Å²) in [7, 11) is 3.87. The van der Waals surface area contributed by atoms with E-state index >= 15 is 0 Å². The number of methoxy groups -OCH3 is 1. The van der Waals surface area contributed by atoms with Crippen molar-refractivity contribution in [3.63, 3.8) is 0 Å². The fourth-order valence-electron chi connectivity index (χ4n) is 3.36. The molecule has 0 aliphatic heterocycles. The van der Waals surface area contributed by atoms with Gasteiger partial charge in [0.15, 0.2) is 6.67 Å². The van der Waals surface area contributed by atoms with Gasteiger partial charge in [-0.05, 0) is 60.8 Å². The molecule has 27 heavy (non-hydrogen) atoms. The molecule has 1 aromatic carbocycles. The van der Waals surface area contributed by atoms with Crippen LogP contribution in [-0.4, -0.2) is 28.5 Å². The maximum Gasteiger partial charge on any atom is 0.203 e. The van der Waals surface area contributed by atoms with Crippen LogP contribution in [-0.2, 0) is 19.6 Å². The van der Waals surface area contributed by atoms with E-state index in [-0.39, 0.29) is 0 Å². The fourth-order valence-corrected chi connectivity index (χ4v) is 4.42. The normalized spacial score (nSPS) is 15.0. The molecule has 0 radical (unpaired) electrons. The number of thiophene rings is 1. The number of benzene rings is 1. The smallest absolute Gasteiger partial charge is 0.203 e. The van der Waals surface area contributed by atoms with Crippen LogP contribution in [0.15, 0.2) is 41.8 Å². The number of nitrogens with zero attached hydrogens (tertiary/aromatic N) is 3. The molecule has 1 unspecified atom stereocenters. The molecular formula is C20H25N4OS2+. The zero-order valence-corrected chi connectivity index (χ0v) is 17.4. The number of nitrogens with one attached hydrogen (secondary N) is 1. The van der Waals surface area contributed by atoms with Crippen LogP contribution in [0.2, 0.25) is 0 Å². The topological polar surface area (TPSA) is 36.4 Å². The summed E-state index contributed by atoms with van der Waals surface area (Å²) < 4.78 is 10.4. The molecule has 0 spiro atoms. The molecule has 0 amide bonds. The Morgan fingerprint density at radius 1 is 1.26 bits per heavy atom. The van der Waals surface area contributed by atoms with E-state index in [1.165, 1.54) is 28.2 Å². The van der Waals surface area contributed by atoms with Crippen molar-refractivity contribution in [1.29, 1.82) is 0 Å². The first-order valence-corrected chi connectivity index (χ1v) is 10.6. The maximum absolute atomic E-state index is 5.78. The minimum atomic E-state index is 0.545. The number of rotatable bonds is 8.